The Morgan fingerprint density at radius 2 is 1.89 bits per heavy atom. The smallest absolute Gasteiger partial charge is 0.185 e. The molecule has 1 aromatic carbocycles. The molecule has 0 spiro atoms. The summed E-state index contributed by atoms with van der Waals surface area (Å²) >= 11 is 0. The lowest BCUT2D eigenvalue weighted by atomic mass is 10.1. The van der Waals surface area contributed by atoms with Gasteiger partial charge in [0.1, 0.15) is 28.7 Å². The van der Waals surface area contributed by atoms with Gasteiger partial charge in [-0.1, -0.05) is 0 Å². The number of hydrogen-bond donors (Lipinski definition) is 1. The number of aromatic hydroxyl groups is 1. The van der Waals surface area contributed by atoms with Crippen LogP contribution in [-0.2, 0) is 0 Å². The first-order chi connectivity index (χ1) is 8.56. The van der Waals surface area contributed by atoms with Crippen LogP contribution < -0.4 is 5.43 Å². The van der Waals surface area contributed by atoms with Gasteiger partial charge in [-0.3, -0.25) is 4.79 Å². The van der Waals surface area contributed by atoms with Gasteiger partial charge in [-0.15, -0.1) is 0 Å². The maximum atomic E-state index is 14.1. The van der Waals surface area contributed by atoms with E-state index in [0.29, 0.717) is 6.07 Å². The van der Waals surface area contributed by atoms with Crippen molar-refractivity contribution in [2.45, 2.75) is 0 Å². The standard InChI is InChI=1S/C13H6F2O3/c14-9-3-7(17)5-11-12(9)13(15)8-2-1-6(16)4-10(8)18-11/h1-5,16H. The zero-order valence-electron chi connectivity index (χ0n) is 8.91. The Kier molecular flexibility index (Phi) is 2.10. The number of rotatable bonds is 0. The molecule has 0 aromatic heterocycles. The highest BCUT2D eigenvalue weighted by atomic mass is 19.1. The van der Waals surface area contributed by atoms with Crippen LogP contribution in [0.4, 0.5) is 8.78 Å². The summed E-state index contributed by atoms with van der Waals surface area (Å²) in [7, 11) is 0. The molecule has 1 heterocycles. The van der Waals surface area contributed by atoms with Crippen LogP contribution in [0.2, 0.25) is 0 Å². The summed E-state index contributed by atoms with van der Waals surface area (Å²) in [4.78, 5) is 11.1. The summed E-state index contributed by atoms with van der Waals surface area (Å²) in [5.74, 6) is -2.07. The summed E-state index contributed by atoms with van der Waals surface area (Å²) in [6.45, 7) is 0. The third kappa shape index (κ3) is 1.44. The van der Waals surface area contributed by atoms with E-state index in [4.69, 9.17) is 4.42 Å². The Bertz CT molecular complexity index is 792. The minimum Gasteiger partial charge on any atom is -0.508 e. The van der Waals surface area contributed by atoms with Gasteiger partial charge in [-0.25, -0.2) is 8.78 Å². The van der Waals surface area contributed by atoms with Crippen molar-refractivity contribution in [3.05, 3.63) is 52.2 Å². The Hall–Kier alpha value is -2.43. The van der Waals surface area contributed by atoms with Crippen molar-refractivity contribution in [2.75, 3.05) is 0 Å². The van der Waals surface area contributed by atoms with Crippen molar-refractivity contribution < 1.29 is 18.3 Å². The zero-order valence-corrected chi connectivity index (χ0v) is 8.91. The third-order valence-electron chi connectivity index (χ3n) is 2.67. The number of phenols is 1. The summed E-state index contributed by atoms with van der Waals surface area (Å²) in [5, 5.41) is 9.32. The molecule has 1 N–H and O–H groups in total. The topological polar surface area (TPSA) is 50.4 Å². The molecule has 18 heavy (non-hydrogen) atoms. The Labute approximate surface area is 99.2 Å². The van der Waals surface area contributed by atoms with Crippen LogP contribution in [0.5, 0.6) is 5.75 Å². The maximum absolute atomic E-state index is 14.1. The van der Waals surface area contributed by atoms with Crippen molar-refractivity contribution in [1.82, 2.24) is 0 Å². The van der Waals surface area contributed by atoms with E-state index in [2.05, 4.69) is 0 Å². The third-order valence-corrected chi connectivity index (χ3v) is 2.67. The van der Waals surface area contributed by atoms with Crippen LogP contribution in [0.25, 0.3) is 22.3 Å². The molecular weight excluding hydrogens is 242 g/mol. The van der Waals surface area contributed by atoms with Gasteiger partial charge in [0.25, 0.3) is 0 Å². The zero-order chi connectivity index (χ0) is 12.9. The summed E-state index contributed by atoms with van der Waals surface area (Å²) in [6, 6.07) is 5.46. The van der Waals surface area contributed by atoms with Crippen molar-refractivity contribution in [1.29, 1.82) is 0 Å². The number of halogens is 2. The molecule has 5 heteroatoms. The molecule has 0 bridgehead atoms. The first kappa shape index (κ1) is 10.7. The highest BCUT2D eigenvalue weighted by molar-refractivity contribution is 5.84. The van der Waals surface area contributed by atoms with Gasteiger partial charge in [0.15, 0.2) is 5.43 Å². The fraction of sp³-hybridized carbons (Fsp3) is 0. The average Bonchev–Trinajstić information content (AvgIpc) is 2.27. The molecule has 3 nitrogen and oxygen atoms in total. The normalized spacial score (nSPS) is 11.2. The minimum absolute atomic E-state index is 0.0397. The Morgan fingerprint density at radius 1 is 1.11 bits per heavy atom. The quantitative estimate of drug-likeness (QED) is 0.622. The van der Waals surface area contributed by atoms with Crippen LogP contribution in [-0.4, -0.2) is 5.11 Å². The van der Waals surface area contributed by atoms with E-state index in [1.807, 2.05) is 0 Å². The molecule has 3 rings (SSSR count). The van der Waals surface area contributed by atoms with Gasteiger partial charge >= 0.3 is 0 Å². The summed E-state index contributed by atoms with van der Waals surface area (Å²) in [5.41, 5.74) is -0.930. The monoisotopic (exact) mass is 248 g/mol. The van der Waals surface area contributed by atoms with Crippen LogP contribution >= 0.6 is 0 Å². The molecule has 1 aliphatic carbocycles. The van der Waals surface area contributed by atoms with Crippen LogP contribution in [0.15, 0.2) is 39.5 Å². The van der Waals surface area contributed by atoms with Gasteiger partial charge in [-0.2, -0.15) is 0 Å². The minimum atomic E-state index is -0.964. The molecule has 0 saturated carbocycles. The van der Waals surface area contributed by atoms with Gasteiger partial charge < -0.3 is 9.52 Å². The summed E-state index contributed by atoms with van der Waals surface area (Å²) in [6.07, 6.45) is 0. The van der Waals surface area contributed by atoms with Crippen molar-refractivity contribution >= 4 is 11.0 Å². The number of hydrogen-bond acceptors (Lipinski definition) is 3. The van der Waals surface area contributed by atoms with Crippen molar-refractivity contribution in [3.8, 4) is 17.1 Å². The molecular formula is C13H6F2O3. The van der Waals surface area contributed by atoms with Crippen LogP contribution in [0.1, 0.15) is 0 Å². The van der Waals surface area contributed by atoms with E-state index in [1.165, 1.54) is 18.2 Å². The maximum Gasteiger partial charge on any atom is 0.185 e. The average molecular weight is 248 g/mol. The fourth-order valence-corrected chi connectivity index (χ4v) is 1.88. The van der Waals surface area contributed by atoms with Crippen molar-refractivity contribution in [2.24, 2.45) is 0 Å². The number of fused-ring (bicyclic) bond motifs is 2. The van der Waals surface area contributed by atoms with Gasteiger partial charge in [-0.05, 0) is 12.1 Å². The number of phenolic OH excluding ortho intramolecular Hbond substituents is 1. The Balaban J connectivity index is 2.57. The molecule has 90 valence electrons. The van der Waals surface area contributed by atoms with Crippen LogP contribution in [0, 0.1) is 11.6 Å². The molecule has 0 atom stereocenters. The van der Waals surface area contributed by atoms with E-state index in [9.17, 15) is 18.7 Å². The highest BCUT2D eigenvalue weighted by Crippen LogP contribution is 2.34. The second-order valence-electron chi connectivity index (χ2n) is 3.87. The van der Waals surface area contributed by atoms with Gasteiger partial charge in [0, 0.05) is 18.2 Å². The second kappa shape index (κ2) is 3.53. The van der Waals surface area contributed by atoms with E-state index >= 15 is 0 Å². The van der Waals surface area contributed by atoms with Gasteiger partial charge in [0.2, 0.25) is 0 Å². The molecule has 1 aromatic rings. The van der Waals surface area contributed by atoms with E-state index in [-0.39, 0.29) is 28.0 Å². The lowest BCUT2D eigenvalue weighted by Gasteiger charge is -2.09. The molecule has 1 aliphatic heterocycles. The van der Waals surface area contributed by atoms with Crippen molar-refractivity contribution in [3.63, 3.8) is 0 Å². The van der Waals surface area contributed by atoms with E-state index in [0.717, 1.165) is 6.07 Å². The SMILES string of the molecule is O=c1cc2oc3cc(O)ccc3c(F)c-2c(F)c1. The molecule has 0 saturated heterocycles. The number of benzene rings is 2. The van der Waals surface area contributed by atoms with E-state index in [1.54, 1.807) is 0 Å². The molecule has 2 aliphatic rings. The Morgan fingerprint density at radius 3 is 2.67 bits per heavy atom. The van der Waals surface area contributed by atoms with Crippen LogP contribution in [0.3, 0.4) is 0 Å². The fourth-order valence-electron chi connectivity index (χ4n) is 1.88. The predicted octanol–water partition coefficient (Wildman–Crippen LogP) is 2.88. The predicted molar refractivity (Wildman–Crippen MR) is 60.7 cm³/mol. The van der Waals surface area contributed by atoms with Gasteiger partial charge in [0.05, 0.1) is 10.9 Å². The molecule has 0 amide bonds. The lowest BCUT2D eigenvalue weighted by Crippen LogP contribution is -2.04. The lowest BCUT2D eigenvalue weighted by molar-refractivity contribution is 0.473. The first-order valence-electron chi connectivity index (χ1n) is 5.11. The summed E-state index contributed by atoms with van der Waals surface area (Å²) < 4.78 is 32.9. The molecule has 0 fully saturated rings. The second-order valence-corrected chi connectivity index (χ2v) is 3.87. The molecule has 0 unspecified atom stereocenters. The first-order valence-corrected chi connectivity index (χ1v) is 5.11. The largest absolute Gasteiger partial charge is 0.508 e. The molecule has 0 radical (unpaired) electrons. The highest BCUT2D eigenvalue weighted by Gasteiger charge is 2.20. The van der Waals surface area contributed by atoms with E-state index < -0.39 is 17.1 Å².